The predicted octanol–water partition coefficient (Wildman–Crippen LogP) is 2.88. The molecule has 9 heteroatoms. The maximum atomic E-state index is 13.9. The van der Waals surface area contributed by atoms with Gasteiger partial charge in [0.05, 0.1) is 36.0 Å². The van der Waals surface area contributed by atoms with Gasteiger partial charge in [0.2, 0.25) is 0 Å². The Morgan fingerprint density at radius 3 is 2.77 bits per heavy atom. The summed E-state index contributed by atoms with van der Waals surface area (Å²) in [6.07, 6.45) is 0. The van der Waals surface area contributed by atoms with Crippen molar-refractivity contribution in [3.05, 3.63) is 39.1 Å². The monoisotopic (exact) mass is 326 g/mol. The third-order valence-corrected chi connectivity index (χ3v) is 3.90. The molecule has 7 nitrogen and oxygen atoms in total. The van der Waals surface area contributed by atoms with Crippen LogP contribution in [0.5, 0.6) is 5.75 Å². The summed E-state index contributed by atoms with van der Waals surface area (Å²) in [6.45, 7) is 0.308. The van der Waals surface area contributed by atoms with Gasteiger partial charge in [-0.3, -0.25) is 10.1 Å². The number of halogens is 1. The van der Waals surface area contributed by atoms with Crippen LogP contribution in [0.25, 0.3) is 0 Å². The Morgan fingerprint density at radius 2 is 2.23 bits per heavy atom. The van der Waals surface area contributed by atoms with E-state index in [1.165, 1.54) is 24.5 Å². The van der Waals surface area contributed by atoms with Crippen LogP contribution < -0.4 is 15.0 Å². The predicted molar refractivity (Wildman–Crippen MR) is 83.4 cm³/mol. The van der Waals surface area contributed by atoms with Gasteiger partial charge >= 0.3 is 5.69 Å². The largest absolute Gasteiger partial charge is 0.490 e. The van der Waals surface area contributed by atoms with E-state index in [1.54, 1.807) is 0 Å². The molecule has 0 radical (unpaired) electrons. The number of thiazole rings is 1. The molecule has 0 saturated heterocycles. The Balaban J connectivity index is 2.17. The lowest BCUT2D eigenvalue weighted by molar-refractivity contribution is -0.385. The minimum atomic E-state index is -0.712. The van der Waals surface area contributed by atoms with Crippen molar-refractivity contribution in [3.63, 3.8) is 0 Å². The van der Waals surface area contributed by atoms with Crippen LogP contribution in [0.1, 0.15) is 5.69 Å². The Bertz CT molecular complexity index is 690. The van der Waals surface area contributed by atoms with Crippen molar-refractivity contribution in [2.24, 2.45) is 0 Å². The van der Waals surface area contributed by atoms with Crippen LogP contribution in [-0.4, -0.2) is 31.1 Å². The van der Waals surface area contributed by atoms with Gasteiger partial charge in [0.1, 0.15) is 0 Å². The van der Waals surface area contributed by atoms with E-state index >= 15 is 0 Å². The van der Waals surface area contributed by atoms with Crippen LogP contribution in [0.15, 0.2) is 17.5 Å². The van der Waals surface area contributed by atoms with Crippen molar-refractivity contribution in [1.29, 1.82) is 0 Å². The molecule has 0 aliphatic heterocycles. The molecule has 0 fully saturated rings. The van der Waals surface area contributed by atoms with Gasteiger partial charge in [-0.05, 0) is 0 Å². The molecule has 2 rings (SSSR count). The number of anilines is 2. The number of hydrogen-bond donors (Lipinski definition) is 1. The number of ether oxygens (including phenoxy) is 1. The number of rotatable bonds is 6. The highest BCUT2D eigenvalue weighted by atomic mass is 32.1. The first-order valence-electron chi connectivity index (χ1n) is 6.30. The van der Waals surface area contributed by atoms with Gasteiger partial charge in [-0.15, -0.1) is 11.3 Å². The zero-order valence-electron chi connectivity index (χ0n) is 12.3. The highest BCUT2D eigenvalue weighted by molar-refractivity contribution is 7.13. The second kappa shape index (κ2) is 6.56. The molecule has 0 amide bonds. The lowest BCUT2D eigenvalue weighted by atomic mass is 10.2. The molecule has 0 saturated carbocycles. The fourth-order valence-corrected chi connectivity index (χ4v) is 2.51. The van der Waals surface area contributed by atoms with Gasteiger partial charge in [0, 0.05) is 25.5 Å². The molecule has 0 unspecified atom stereocenters. The van der Waals surface area contributed by atoms with Crippen LogP contribution in [0.2, 0.25) is 0 Å². The van der Waals surface area contributed by atoms with Gasteiger partial charge in [0.25, 0.3) is 0 Å². The lowest BCUT2D eigenvalue weighted by Crippen LogP contribution is -2.09. The number of nitrogens with zero attached hydrogens (tertiary/aromatic N) is 3. The molecular formula is C13H15FN4O3S. The fraction of sp³-hybridized carbons (Fsp3) is 0.308. The average Bonchev–Trinajstić information content (AvgIpc) is 2.94. The molecule has 22 heavy (non-hydrogen) atoms. The standard InChI is InChI=1S/C13H15FN4O3S/c1-17(2)13-16-8(7-22-13)6-15-10-5-12(21-3)11(18(19)20)4-9(10)14/h4-5,7,15H,6H2,1-3H3. The molecule has 1 N–H and O–H groups in total. The summed E-state index contributed by atoms with van der Waals surface area (Å²) in [4.78, 5) is 16.4. The van der Waals surface area contributed by atoms with E-state index in [4.69, 9.17) is 4.74 Å². The van der Waals surface area contributed by atoms with Crippen LogP contribution in [0, 0.1) is 15.9 Å². The third kappa shape index (κ3) is 3.42. The van der Waals surface area contributed by atoms with Crippen molar-refractivity contribution in [2.45, 2.75) is 6.54 Å². The maximum absolute atomic E-state index is 13.9. The summed E-state index contributed by atoms with van der Waals surface area (Å²) in [5.41, 5.74) is 0.473. The quantitative estimate of drug-likeness (QED) is 0.649. The number of benzene rings is 1. The van der Waals surface area contributed by atoms with E-state index in [2.05, 4.69) is 10.3 Å². The number of nitro benzene ring substituents is 1. The summed E-state index contributed by atoms with van der Waals surface area (Å²) in [5, 5.41) is 16.4. The summed E-state index contributed by atoms with van der Waals surface area (Å²) < 4.78 is 18.8. The molecule has 2 aromatic rings. The van der Waals surface area contributed by atoms with Crippen LogP contribution in [-0.2, 0) is 6.54 Å². The zero-order valence-corrected chi connectivity index (χ0v) is 13.1. The van der Waals surface area contributed by atoms with Crippen molar-refractivity contribution in [3.8, 4) is 5.75 Å². The van der Waals surface area contributed by atoms with E-state index in [0.717, 1.165) is 16.9 Å². The molecule has 118 valence electrons. The van der Waals surface area contributed by atoms with Crippen molar-refractivity contribution in [1.82, 2.24) is 4.98 Å². The Morgan fingerprint density at radius 1 is 1.50 bits per heavy atom. The molecule has 1 heterocycles. The first kappa shape index (κ1) is 16.0. The highest BCUT2D eigenvalue weighted by Crippen LogP contribution is 2.32. The minimum absolute atomic E-state index is 0.00107. The van der Waals surface area contributed by atoms with Gasteiger partial charge in [-0.2, -0.15) is 0 Å². The molecule has 0 bridgehead atoms. The van der Waals surface area contributed by atoms with Crippen LogP contribution in [0.3, 0.4) is 0 Å². The molecule has 1 aromatic heterocycles. The summed E-state index contributed by atoms with van der Waals surface area (Å²) in [5.74, 6) is -0.711. The van der Waals surface area contributed by atoms with E-state index in [0.29, 0.717) is 6.54 Å². The number of aromatic nitrogens is 1. The Hall–Kier alpha value is -2.42. The molecule has 1 aromatic carbocycles. The van der Waals surface area contributed by atoms with Crippen molar-refractivity contribution >= 4 is 27.8 Å². The normalized spacial score (nSPS) is 10.4. The Labute approximate surface area is 130 Å². The summed E-state index contributed by atoms with van der Waals surface area (Å²) in [7, 11) is 5.07. The first-order valence-corrected chi connectivity index (χ1v) is 7.18. The third-order valence-electron chi connectivity index (χ3n) is 2.85. The van der Waals surface area contributed by atoms with Gasteiger partial charge in [0.15, 0.2) is 16.7 Å². The topological polar surface area (TPSA) is 80.5 Å². The summed E-state index contributed by atoms with van der Waals surface area (Å²) >= 11 is 1.48. The van der Waals surface area contributed by atoms with Gasteiger partial charge < -0.3 is 15.0 Å². The molecule has 0 spiro atoms. The highest BCUT2D eigenvalue weighted by Gasteiger charge is 2.19. The number of methoxy groups -OCH3 is 1. The van der Waals surface area contributed by atoms with E-state index < -0.39 is 16.4 Å². The van der Waals surface area contributed by atoms with E-state index in [-0.39, 0.29) is 11.4 Å². The fourth-order valence-electron chi connectivity index (χ4n) is 1.75. The molecular weight excluding hydrogens is 311 g/mol. The van der Waals surface area contributed by atoms with Gasteiger partial charge in [-0.1, -0.05) is 0 Å². The minimum Gasteiger partial charge on any atom is -0.490 e. The van der Waals surface area contributed by atoms with Crippen LogP contribution >= 0.6 is 11.3 Å². The van der Waals surface area contributed by atoms with Crippen molar-refractivity contribution in [2.75, 3.05) is 31.4 Å². The zero-order chi connectivity index (χ0) is 16.3. The number of hydrogen-bond acceptors (Lipinski definition) is 7. The number of nitrogens with one attached hydrogen (secondary N) is 1. The van der Waals surface area contributed by atoms with Crippen molar-refractivity contribution < 1.29 is 14.1 Å². The molecule has 0 atom stereocenters. The lowest BCUT2D eigenvalue weighted by Gasteiger charge is -2.09. The maximum Gasteiger partial charge on any atom is 0.313 e. The molecule has 0 aliphatic carbocycles. The van der Waals surface area contributed by atoms with Crippen LogP contribution in [0.4, 0.5) is 20.9 Å². The first-order chi connectivity index (χ1) is 10.4. The van der Waals surface area contributed by atoms with Gasteiger partial charge in [-0.25, -0.2) is 9.37 Å². The second-order valence-electron chi connectivity index (χ2n) is 4.63. The molecule has 0 aliphatic rings. The smallest absolute Gasteiger partial charge is 0.313 e. The second-order valence-corrected chi connectivity index (χ2v) is 5.47. The average molecular weight is 326 g/mol. The Kier molecular flexibility index (Phi) is 4.76. The summed E-state index contributed by atoms with van der Waals surface area (Å²) in [6, 6.07) is 2.11. The number of nitro groups is 1. The van der Waals surface area contributed by atoms with E-state index in [9.17, 15) is 14.5 Å². The van der Waals surface area contributed by atoms with E-state index in [1.807, 2.05) is 24.4 Å². The SMILES string of the molecule is COc1cc(NCc2csc(N(C)C)n2)c(F)cc1[N+](=O)[O-].